The predicted molar refractivity (Wildman–Crippen MR) is 53.3 cm³/mol. The zero-order chi connectivity index (χ0) is 9.35. The van der Waals surface area contributed by atoms with E-state index in [2.05, 4.69) is 35.1 Å². The van der Waals surface area contributed by atoms with E-state index in [0.717, 1.165) is 6.42 Å². The summed E-state index contributed by atoms with van der Waals surface area (Å²) in [7, 11) is 0. The van der Waals surface area contributed by atoms with Gasteiger partial charge in [-0.1, -0.05) is 29.8 Å². The first-order valence-electron chi connectivity index (χ1n) is 4.38. The molecule has 1 rings (SSSR count). The van der Waals surface area contributed by atoms with E-state index in [1.54, 1.807) is 0 Å². The SMILES string of the molecule is CC(Br)C(=O)NC1CCC1(C)C. The molecular weight excluding hydrogens is 218 g/mol. The third-order valence-electron chi connectivity index (χ3n) is 2.70. The molecule has 1 saturated carbocycles. The normalized spacial score (nSPS) is 28.8. The van der Waals surface area contributed by atoms with Crippen LogP contribution in [0, 0.1) is 5.41 Å². The van der Waals surface area contributed by atoms with Crippen molar-refractivity contribution in [3.63, 3.8) is 0 Å². The Morgan fingerprint density at radius 1 is 1.67 bits per heavy atom. The molecular formula is C9H16BrNO. The first kappa shape index (κ1) is 10.0. The third-order valence-corrected chi connectivity index (χ3v) is 3.11. The van der Waals surface area contributed by atoms with Crippen LogP contribution in [-0.4, -0.2) is 16.8 Å². The zero-order valence-corrected chi connectivity index (χ0v) is 9.44. The second-order valence-corrected chi connectivity index (χ2v) is 5.58. The van der Waals surface area contributed by atoms with Crippen molar-refractivity contribution in [1.82, 2.24) is 5.32 Å². The van der Waals surface area contributed by atoms with Gasteiger partial charge in [-0.05, 0) is 25.2 Å². The van der Waals surface area contributed by atoms with Crippen LogP contribution in [0.25, 0.3) is 0 Å². The summed E-state index contributed by atoms with van der Waals surface area (Å²) in [6.07, 6.45) is 2.34. The first-order chi connectivity index (χ1) is 5.43. The average Bonchev–Trinajstić information content (AvgIpc) is 1.97. The number of amides is 1. The van der Waals surface area contributed by atoms with E-state index in [0.29, 0.717) is 11.5 Å². The maximum absolute atomic E-state index is 11.3. The highest BCUT2D eigenvalue weighted by molar-refractivity contribution is 9.10. The number of nitrogens with one attached hydrogen (secondary N) is 1. The second-order valence-electron chi connectivity index (χ2n) is 4.20. The van der Waals surface area contributed by atoms with Crippen LogP contribution in [0.15, 0.2) is 0 Å². The van der Waals surface area contributed by atoms with Crippen molar-refractivity contribution in [2.75, 3.05) is 0 Å². The van der Waals surface area contributed by atoms with E-state index < -0.39 is 0 Å². The molecule has 0 radical (unpaired) electrons. The lowest BCUT2D eigenvalue weighted by molar-refractivity contribution is -0.123. The minimum Gasteiger partial charge on any atom is -0.352 e. The van der Waals surface area contributed by atoms with Crippen molar-refractivity contribution in [2.45, 2.75) is 44.5 Å². The van der Waals surface area contributed by atoms with Gasteiger partial charge in [-0.25, -0.2) is 0 Å². The summed E-state index contributed by atoms with van der Waals surface area (Å²) >= 11 is 3.25. The molecule has 0 aliphatic heterocycles. The highest BCUT2D eigenvalue weighted by atomic mass is 79.9. The number of hydrogen-bond acceptors (Lipinski definition) is 1. The Balaban J connectivity index is 2.38. The van der Waals surface area contributed by atoms with Gasteiger partial charge in [0.1, 0.15) is 0 Å². The Hall–Kier alpha value is -0.0500. The van der Waals surface area contributed by atoms with Crippen LogP contribution in [-0.2, 0) is 4.79 Å². The van der Waals surface area contributed by atoms with Crippen LogP contribution in [0.2, 0.25) is 0 Å². The molecule has 3 heteroatoms. The Bertz CT molecular complexity index is 189. The molecule has 0 saturated heterocycles. The molecule has 0 spiro atoms. The average molecular weight is 234 g/mol. The molecule has 2 nitrogen and oxygen atoms in total. The van der Waals surface area contributed by atoms with Crippen LogP contribution in [0.5, 0.6) is 0 Å². The Morgan fingerprint density at radius 3 is 2.50 bits per heavy atom. The maximum Gasteiger partial charge on any atom is 0.233 e. The van der Waals surface area contributed by atoms with Crippen LogP contribution in [0.3, 0.4) is 0 Å². The van der Waals surface area contributed by atoms with E-state index in [1.807, 2.05) is 6.92 Å². The number of hydrogen-bond donors (Lipinski definition) is 1. The van der Waals surface area contributed by atoms with Crippen molar-refractivity contribution in [3.05, 3.63) is 0 Å². The summed E-state index contributed by atoms with van der Waals surface area (Å²) in [5.41, 5.74) is 0.303. The summed E-state index contributed by atoms with van der Waals surface area (Å²) in [6, 6.07) is 0.380. The van der Waals surface area contributed by atoms with Crippen molar-refractivity contribution in [3.8, 4) is 0 Å². The lowest BCUT2D eigenvalue weighted by Crippen LogP contribution is -2.53. The van der Waals surface area contributed by atoms with E-state index in [9.17, 15) is 4.79 Å². The summed E-state index contributed by atoms with van der Waals surface area (Å²) in [4.78, 5) is 11.2. The van der Waals surface area contributed by atoms with Gasteiger partial charge in [0, 0.05) is 6.04 Å². The lowest BCUT2D eigenvalue weighted by atomic mass is 9.67. The number of halogens is 1. The molecule has 2 atom stereocenters. The molecule has 0 aromatic carbocycles. The fourth-order valence-electron chi connectivity index (χ4n) is 1.42. The fraction of sp³-hybridized carbons (Fsp3) is 0.889. The number of alkyl halides is 1. The molecule has 1 aliphatic carbocycles. The first-order valence-corrected chi connectivity index (χ1v) is 5.29. The van der Waals surface area contributed by atoms with Gasteiger partial charge in [-0.15, -0.1) is 0 Å². The second kappa shape index (κ2) is 3.36. The van der Waals surface area contributed by atoms with Gasteiger partial charge < -0.3 is 5.32 Å². The summed E-state index contributed by atoms with van der Waals surface area (Å²) in [5, 5.41) is 3.02. The molecule has 1 amide bonds. The molecule has 0 heterocycles. The van der Waals surface area contributed by atoms with Gasteiger partial charge >= 0.3 is 0 Å². The van der Waals surface area contributed by atoms with Gasteiger partial charge in [0.2, 0.25) is 5.91 Å². The molecule has 70 valence electrons. The Morgan fingerprint density at radius 2 is 2.25 bits per heavy atom. The summed E-state index contributed by atoms with van der Waals surface area (Å²) < 4.78 is 0. The van der Waals surface area contributed by atoms with Crippen LogP contribution in [0.4, 0.5) is 0 Å². The van der Waals surface area contributed by atoms with Crippen molar-refractivity contribution in [1.29, 1.82) is 0 Å². The largest absolute Gasteiger partial charge is 0.352 e. The fourth-order valence-corrected chi connectivity index (χ4v) is 1.55. The molecule has 12 heavy (non-hydrogen) atoms. The topological polar surface area (TPSA) is 29.1 Å². The van der Waals surface area contributed by atoms with Gasteiger partial charge in [0.15, 0.2) is 0 Å². The maximum atomic E-state index is 11.3. The van der Waals surface area contributed by atoms with Crippen molar-refractivity contribution >= 4 is 21.8 Å². The lowest BCUT2D eigenvalue weighted by Gasteiger charge is -2.45. The molecule has 1 N–H and O–H groups in total. The molecule has 1 aliphatic rings. The summed E-state index contributed by atoms with van der Waals surface area (Å²) in [6.45, 7) is 6.24. The van der Waals surface area contributed by atoms with E-state index in [4.69, 9.17) is 0 Å². The molecule has 0 aromatic heterocycles. The quantitative estimate of drug-likeness (QED) is 0.728. The third kappa shape index (κ3) is 2.00. The van der Waals surface area contributed by atoms with Crippen molar-refractivity contribution in [2.24, 2.45) is 5.41 Å². The Labute approximate surface area is 82.2 Å². The van der Waals surface area contributed by atoms with Crippen molar-refractivity contribution < 1.29 is 4.79 Å². The summed E-state index contributed by atoms with van der Waals surface area (Å²) in [5.74, 6) is 0.104. The monoisotopic (exact) mass is 233 g/mol. The molecule has 1 fully saturated rings. The van der Waals surface area contributed by atoms with Gasteiger partial charge in [-0.2, -0.15) is 0 Å². The van der Waals surface area contributed by atoms with Crippen LogP contribution in [0.1, 0.15) is 33.6 Å². The molecule has 0 aromatic rings. The highest BCUT2D eigenvalue weighted by Gasteiger charge is 2.39. The number of rotatable bonds is 2. The minimum absolute atomic E-state index is 0.0751. The van der Waals surface area contributed by atoms with Crippen LogP contribution >= 0.6 is 15.9 Å². The van der Waals surface area contributed by atoms with Crippen LogP contribution < -0.4 is 5.32 Å². The number of carbonyl (C=O) groups excluding carboxylic acids is 1. The predicted octanol–water partition coefficient (Wildman–Crippen LogP) is 2.07. The van der Waals surface area contributed by atoms with Gasteiger partial charge in [0.05, 0.1) is 4.83 Å². The smallest absolute Gasteiger partial charge is 0.233 e. The zero-order valence-electron chi connectivity index (χ0n) is 7.86. The standard InChI is InChI=1S/C9H16BrNO/c1-6(10)8(12)11-7-4-5-9(7,2)3/h6-7H,4-5H2,1-3H3,(H,11,12). The van der Waals surface area contributed by atoms with Gasteiger partial charge in [-0.3, -0.25) is 4.79 Å². The van der Waals surface area contributed by atoms with Gasteiger partial charge in [0.25, 0.3) is 0 Å². The minimum atomic E-state index is -0.0751. The highest BCUT2D eigenvalue weighted by Crippen LogP contribution is 2.39. The van der Waals surface area contributed by atoms with E-state index >= 15 is 0 Å². The molecule has 2 unspecified atom stereocenters. The van der Waals surface area contributed by atoms with E-state index in [1.165, 1.54) is 6.42 Å². The molecule has 0 bridgehead atoms. The van der Waals surface area contributed by atoms with E-state index in [-0.39, 0.29) is 10.7 Å². The Kier molecular flexibility index (Phi) is 2.81. The number of carbonyl (C=O) groups is 1.